The highest BCUT2D eigenvalue weighted by atomic mass is 16.6. The molecule has 6 nitrogen and oxygen atoms in total. The van der Waals surface area contributed by atoms with E-state index in [1.807, 2.05) is 0 Å². The van der Waals surface area contributed by atoms with Gasteiger partial charge in [0.1, 0.15) is 18.1 Å². The number of aryl methyl sites for hydroxylation is 1. The SMILES string of the molecule is Cc1cc(O)oc1C=C1C=C(CO)OC(O)C1=O. The van der Waals surface area contributed by atoms with Crippen molar-refractivity contribution in [2.24, 2.45) is 0 Å². The first-order chi connectivity index (χ1) is 8.51. The average Bonchev–Trinajstić information content (AvgIpc) is 2.63. The van der Waals surface area contributed by atoms with Gasteiger partial charge < -0.3 is 24.5 Å². The molecule has 0 radical (unpaired) electrons. The summed E-state index contributed by atoms with van der Waals surface area (Å²) < 4.78 is 9.73. The van der Waals surface area contributed by atoms with Gasteiger partial charge in [-0.2, -0.15) is 0 Å². The highest BCUT2D eigenvalue weighted by molar-refractivity contribution is 6.04. The van der Waals surface area contributed by atoms with Crippen LogP contribution in [0.15, 0.2) is 27.9 Å². The second-order valence-corrected chi connectivity index (χ2v) is 3.83. The first kappa shape index (κ1) is 12.4. The van der Waals surface area contributed by atoms with E-state index in [0.29, 0.717) is 11.3 Å². The van der Waals surface area contributed by atoms with E-state index in [4.69, 9.17) is 19.4 Å². The van der Waals surface area contributed by atoms with Crippen molar-refractivity contribution in [3.8, 4) is 5.95 Å². The third-order valence-corrected chi connectivity index (χ3v) is 2.47. The smallest absolute Gasteiger partial charge is 0.282 e. The van der Waals surface area contributed by atoms with Crippen LogP contribution in [0.3, 0.4) is 0 Å². The third-order valence-electron chi connectivity index (χ3n) is 2.47. The van der Waals surface area contributed by atoms with E-state index >= 15 is 0 Å². The van der Waals surface area contributed by atoms with Gasteiger partial charge in [0.2, 0.25) is 5.78 Å². The normalized spacial score (nSPS) is 21.9. The van der Waals surface area contributed by atoms with Gasteiger partial charge in [-0.25, -0.2) is 0 Å². The molecule has 1 unspecified atom stereocenters. The number of aliphatic hydroxyl groups is 2. The first-order valence-corrected chi connectivity index (χ1v) is 5.22. The lowest BCUT2D eigenvalue weighted by Crippen LogP contribution is -2.29. The number of aromatic hydroxyl groups is 1. The molecule has 18 heavy (non-hydrogen) atoms. The molecule has 0 saturated heterocycles. The summed E-state index contributed by atoms with van der Waals surface area (Å²) in [6, 6.07) is 1.41. The lowest BCUT2D eigenvalue weighted by atomic mass is 10.1. The van der Waals surface area contributed by atoms with Crippen LogP contribution < -0.4 is 0 Å². The Morgan fingerprint density at radius 1 is 1.50 bits per heavy atom. The lowest BCUT2D eigenvalue weighted by Gasteiger charge is -2.19. The number of rotatable bonds is 2. The minimum Gasteiger partial charge on any atom is -0.481 e. The zero-order valence-corrected chi connectivity index (χ0v) is 9.58. The first-order valence-electron chi connectivity index (χ1n) is 5.22. The molecule has 2 rings (SSSR count). The predicted molar refractivity (Wildman–Crippen MR) is 60.4 cm³/mol. The summed E-state index contributed by atoms with van der Waals surface area (Å²) >= 11 is 0. The molecule has 1 aromatic heterocycles. The van der Waals surface area contributed by atoms with E-state index in [-0.39, 0.29) is 17.3 Å². The molecule has 0 saturated carbocycles. The Bertz CT molecular complexity index is 537. The maximum Gasteiger partial charge on any atom is 0.282 e. The zero-order chi connectivity index (χ0) is 13.3. The molecule has 3 N–H and O–H groups in total. The molecule has 1 aliphatic heterocycles. The Labute approximate surface area is 102 Å². The summed E-state index contributed by atoms with van der Waals surface area (Å²) in [5, 5.41) is 27.5. The molecule has 0 bridgehead atoms. The number of carbonyl (C=O) groups excluding carboxylic acids is 1. The van der Waals surface area contributed by atoms with Crippen LogP contribution in [0.2, 0.25) is 0 Å². The summed E-state index contributed by atoms with van der Waals surface area (Å²) in [6.07, 6.45) is 1.06. The topological polar surface area (TPSA) is 100 Å². The van der Waals surface area contributed by atoms with Crippen molar-refractivity contribution in [2.75, 3.05) is 6.61 Å². The molecule has 0 aliphatic carbocycles. The van der Waals surface area contributed by atoms with Gasteiger partial charge in [0.15, 0.2) is 0 Å². The quantitative estimate of drug-likeness (QED) is 0.661. The van der Waals surface area contributed by atoms with E-state index in [1.165, 1.54) is 18.2 Å². The van der Waals surface area contributed by atoms with Crippen molar-refractivity contribution in [2.45, 2.75) is 13.2 Å². The highest BCUT2D eigenvalue weighted by Gasteiger charge is 2.26. The van der Waals surface area contributed by atoms with Crippen LogP contribution in [0.25, 0.3) is 6.08 Å². The number of ketones is 1. The van der Waals surface area contributed by atoms with Crippen molar-refractivity contribution < 1.29 is 29.3 Å². The van der Waals surface area contributed by atoms with Gasteiger partial charge in [0, 0.05) is 11.6 Å². The van der Waals surface area contributed by atoms with Crippen LogP contribution in [0.5, 0.6) is 5.95 Å². The Morgan fingerprint density at radius 2 is 2.22 bits per heavy atom. The number of carbonyl (C=O) groups is 1. The van der Waals surface area contributed by atoms with Gasteiger partial charge in [0.05, 0.1) is 0 Å². The third kappa shape index (κ3) is 2.29. The van der Waals surface area contributed by atoms with Gasteiger partial charge in [-0.1, -0.05) is 0 Å². The van der Waals surface area contributed by atoms with Crippen LogP contribution in [0.1, 0.15) is 11.3 Å². The van der Waals surface area contributed by atoms with Gasteiger partial charge >= 0.3 is 0 Å². The molecular weight excluding hydrogens is 240 g/mol. The maximum absolute atomic E-state index is 11.6. The Balaban J connectivity index is 2.41. The van der Waals surface area contributed by atoms with E-state index < -0.39 is 18.7 Å². The molecule has 1 aliphatic rings. The van der Waals surface area contributed by atoms with E-state index in [1.54, 1.807) is 6.92 Å². The number of Topliss-reactive ketones (excluding diaryl/α,β-unsaturated/α-hetero) is 1. The van der Waals surface area contributed by atoms with Gasteiger partial charge in [0.25, 0.3) is 12.2 Å². The molecule has 2 heterocycles. The van der Waals surface area contributed by atoms with Crippen molar-refractivity contribution in [3.63, 3.8) is 0 Å². The fourth-order valence-corrected chi connectivity index (χ4v) is 1.58. The summed E-state index contributed by atoms with van der Waals surface area (Å²) in [5.74, 6) is -0.506. The average molecular weight is 252 g/mol. The second-order valence-electron chi connectivity index (χ2n) is 3.83. The largest absolute Gasteiger partial charge is 0.481 e. The van der Waals surface area contributed by atoms with E-state index in [9.17, 15) is 9.90 Å². The summed E-state index contributed by atoms with van der Waals surface area (Å²) in [6.45, 7) is 1.27. The molecule has 96 valence electrons. The minimum absolute atomic E-state index is 0.0850. The Morgan fingerprint density at radius 3 is 2.78 bits per heavy atom. The molecule has 1 aromatic rings. The van der Waals surface area contributed by atoms with Crippen LogP contribution in [0, 0.1) is 6.92 Å². The standard InChI is InChI=1S/C12H12O6/c1-6-2-10(14)18-9(6)4-7-3-8(5-13)17-12(16)11(7)15/h2-4,12-14,16H,5H2,1H3. The van der Waals surface area contributed by atoms with Gasteiger partial charge in [-0.3, -0.25) is 4.79 Å². The van der Waals surface area contributed by atoms with Crippen LogP contribution >= 0.6 is 0 Å². The van der Waals surface area contributed by atoms with Crippen molar-refractivity contribution >= 4 is 11.9 Å². The molecule has 0 fully saturated rings. The number of allylic oxidation sites excluding steroid dienone is 1. The van der Waals surface area contributed by atoms with E-state index in [2.05, 4.69) is 0 Å². The van der Waals surface area contributed by atoms with Crippen molar-refractivity contribution in [3.05, 3.63) is 34.8 Å². The zero-order valence-electron chi connectivity index (χ0n) is 9.58. The highest BCUT2D eigenvalue weighted by Crippen LogP contribution is 2.25. The molecule has 6 heteroatoms. The van der Waals surface area contributed by atoms with Crippen LogP contribution in [-0.4, -0.2) is 34.0 Å². The fourth-order valence-electron chi connectivity index (χ4n) is 1.58. The summed E-state index contributed by atoms with van der Waals surface area (Å²) in [7, 11) is 0. The molecule has 0 spiro atoms. The second kappa shape index (κ2) is 4.67. The van der Waals surface area contributed by atoms with Crippen LogP contribution in [-0.2, 0) is 9.53 Å². The number of furan rings is 1. The molecular formula is C12H12O6. The number of aliphatic hydroxyl groups excluding tert-OH is 2. The van der Waals surface area contributed by atoms with Gasteiger partial charge in [-0.05, 0) is 24.6 Å². The molecule has 0 amide bonds. The Kier molecular flexibility index (Phi) is 3.22. The maximum atomic E-state index is 11.6. The molecule has 0 aromatic carbocycles. The molecule has 1 atom stereocenters. The Hall–Kier alpha value is -2.05. The van der Waals surface area contributed by atoms with Crippen molar-refractivity contribution in [1.29, 1.82) is 0 Å². The van der Waals surface area contributed by atoms with Crippen LogP contribution in [0.4, 0.5) is 0 Å². The number of hydrogen-bond acceptors (Lipinski definition) is 6. The fraction of sp³-hybridized carbons (Fsp3) is 0.250. The summed E-state index contributed by atoms with van der Waals surface area (Å²) in [5.41, 5.74) is 0.781. The monoisotopic (exact) mass is 252 g/mol. The van der Waals surface area contributed by atoms with Crippen molar-refractivity contribution in [1.82, 2.24) is 0 Å². The minimum atomic E-state index is -1.63. The number of ether oxygens (including phenoxy) is 1. The van der Waals surface area contributed by atoms with E-state index in [0.717, 1.165) is 0 Å². The lowest BCUT2D eigenvalue weighted by molar-refractivity contribution is -0.146. The predicted octanol–water partition coefficient (Wildman–Crippen LogP) is 0.471. The summed E-state index contributed by atoms with van der Waals surface area (Å²) in [4.78, 5) is 11.6. The number of hydrogen-bond donors (Lipinski definition) is 3. The van der Waals surface area contributed by atoms with Gasteiger partial charge in [-0.15, -0.1) is 0 Å².